The number of esters is 2. The molecule has 1 aromatic rings. The number of carbonyl (C=O) groups is 4. The highest BCUT2D eigenvalue weighted by molar-refractivity contribution is 5.94. The van der Waals surface area contributed by atoms with Gasteiger partial charge in [-0.25, -0.2) is 14.4 Å². The molecule has 9 nitrogen and oxygen atoms in total. The molecule has 0 heterocycles. The van der Waals surface area contributed by atoms with Crippen LogP contribution in [-0.2, 0) is 23.8 Å². The summed E-state index contributed by atoms with van der Waals surface area (Å²) >= 11 is 0. The van der Waals surface area contributed by atoms with Crippen molar-refractivity contribution in [3.8, 4) is 0 Å². The fraction of sp³-hybridized carbons (Fsp3) is 0.524. The van der Waals surface area contributed by atoms with Crippen LogP contribution in [0, 0.1) is 5.92 Å². The van der Waals surface area contributed by atoms with Gasteiger partial charge in [-0.2, -0.15) is 0 Å². The maximum atomic E-state index is 12.2. The monoisotopic (exact) mass is 422 g/mol. The maximum absolute atomic E-state index is 12.2. The van der Waals surface area contributed by atoms with Crippen LogP contribution >= 0.6 is 0 Å². The summed E-state index contributed by atoms with van der Waals surface area (Å²) in [4.78, 5) is 48.0. The van der Waals surface area contributed by atoms with Crippen LogP contribution in [0.1, 0.15) is 51.4 Å². The van der Waals surface area contributed by atoms with Crippen molar-refractivity contribution in [1.82, 2.24) is 5.32 Å². The van der Waals surface area contributed by atoms with Crippen LogP contribution in [0.4, 0.5) is 10.5 Å². The zero-order chi connectivity index (χ0) is 22.9. The highest BCUT2D eigenvalue weighted by Gasteiger charge is 2.27. The van der Waals surface area contributed by atoms with E-state index in [-0.39, 0.29) is 11.5 Å². The second-order valence-corrected chi connectivity index (χ2v) is 7.74. The number of methoxy groups -OCH3 is 1. The molecule has 0 unspecified atom stereocenters. The fourth-order valence-electron chi connectivity index (χ4n) is 2.37. The van der Waals surface area contributed by atoms with E-state index in [0.717, 1.165) is 0 Å². The molecule has 0 aliphatic rings. The SMILES string of the molecule is CC[C@@H](C)[C@@H](NC(=O)COC(=O)c1cccc(NC(=O)OC(C)(C)C)c1)C(=O)OC. The number of amides is 2. The van der Waals surface area contributed by atoms with Crippen LogP contribution in [0.2, 0.25) is 0 Å². The first-order valence-corrected chi connectivity index (χ1v) is 9.61. The summed E-state index contributed by atoms with van der Waals surface area (Å²) < 4.78 is 14.9. The molecule has 0 aliphatic heterocycles. The molecule has 9 heteroatoms. The first-order chi connectivity index (χ1) is 14.0. The number of carbonyl (C=O) groups excluding carboxylic acids is 4. The molecule has 0 bridgehead atoms. The summed E-state index contributed by atoms with van der Waals surface area (Å²) in [6.45, 7) is 8.32. The fourth-order valence-corrected chi connectivity index (χ4v) is 2.37. The number of rotatable bonds is 8. The third-order valence-corrected chi connectivity index (χ3v) is 4.06. The molecule has 2 N–H and O–H groups in total. The van der Waals surface area contributed by atoms with E-state index in [1.54, 1.807) is 39.8 Å². The van der Waals surface area contributed by atoms with Crippen LogP contribution in [0.3, 0.4) is 0 Å². The molecule has 0 fully saturated rings. The average Bonchev–Trinajstić information content (AvgIpc) is 2.67. The zero-order valence-corrected chi connectivity index (χ0v) is 18.2. The van der Waals surface area contributed by atoms with E-state index < -0.39 is 42.2 Å². The van der Waals surface area contributed by atoms with Crippen molar-refractivity contribution in [2.24, 2.45) is 5.92 Å². The predicted octanol–water partition coefficient (Wildman–Crippen LogP) is 2.89. The molecule has 0 radical (unpaired) electrons. The van der Waals surface area contributed by atoms with Gasteiger partial charge in [0.15, 0.2) is 6.61 Å². The topological polar surface area (TPSA) is 120 Å². The van der Waals surface area contributed by atoms with Gasteiger partial charge in [0.2, 0.25) is 0 Å². The molecule has 0 saturated heterocycles. The van der Waals surface area contributed by atoms with Gasteiger partial charge >= 0.3 is 18.0 Å². The smallest absolute Gasteiger partial charge is 0.412 e. The summed E-state index contributed by atoms with van der Waals surface area (Å²) in [5.41, 5.74) is -0.181. The Bertz CT molecular complexity index is 771. The second-order valence-electron chi connectivity index (χ2n) is 7.74. The Morgan fingerprint density at radius 2 is 1.80 bits per heavy atom. The van der Waals surface area contributed by atoms with Crippen LogP contribution < -0.4 is 10.6 Å². The lowest BCUT2D eigenvalue weighted by molar-refractivity contribution is -0.147. The van der Waals surface area contributed by atoms with Crippen LogP contribution in [-0.4, -0.2) is 49.3 Å². The quantitative estimate of drug-likeness (QED) is 0.488. The number of benzene rings is 1. The Labute approximate surface area is 176 Å². The minimum atomic E-state index is -0.826. The first kappa shape index (κ1) is 24.9. The highest BCUT2D eigenvalue weighted by Crippen LogP contribution is 2.14. The van der Waals surface area contributed by atoms with Gasteiger partial charge in [-0.05, 0) is 44.9 Å². The molecule has 2 amide bonds. The van der Waals surface area contributed by atoms with Gasteiger partial charge in [-0.1, -0.05) is 26.3 Å². The van der Waals surface area contributed by atoms with Gasteiger partial charge in [0.25, 0.3) is 5.91 Å². The second kappa shape index (κ2) is 11.2. The van der Waals surface area contributed by atoms with Gasteiger partial charge in [0.1, 0.15) is 11.6 Å². The Hall–Kier alpha value is -3.10. The summed E-state index contributed by atoms with van der Waals surface area (Å²) in [7, 11) is 1.24. The van der Waals surface area contributed by atoms with E-state index in [2.05, 4.69) is 10.6 Å². The Balaban J connectivity index is 2.67. The van der Waals surface area contributed by atoms with E-state index in [1.165, 1.54) is 19.2 Å². The van der Waals surface area contributed by atoms with Crippen molar-refractivity contribution in [2.75, 3.05) is 19.0 Å². The number of hydrogen-bond acceptors (Lipinski definition) is 7. The maximum Gasteiger partial charge on any atom is 0.412 e. The standard InChI is InChI=1S/C21H30N2O7/c1-7-13(2)17(19(26)28-6)23-16(24)12-29-18(25)14-9-8-10-15(11-14)22-20(27)30-21(3,4)5/h8-11,13,17H,7,12H2,1-6H3,(H,22,27)(H,23,24)/t13-,17-/m1/s1. The molecule has 1 aromatic carbocycles. The van der Waals surface area contributed by atoms with E-state index in [4.69, 9.17) is 14.2 Å². The summed E-state index contributed by atoms with van der Waals surface area (Å²) in [5.74, 6) is -2.09. The number of nitrogens with one attached hydrogen (secondary N) is 2. The highest BCUT2D eigenvalue weighted by atomic mass is 16.6. The zero-order valence-electron chi connectivity index (χ0n) is 18.2. The van der Waals surface area contributed by atoms with Crippen molar-refractivity contribution in [2.45, 2.75) is 52.7 Å². The van der Waals surface area contributed by atoms with Crippen molar-refractivity contribution in [3.63, 3.8) is 0 Å². The minimum Gasteiger partial charge on any atom is -0.467 e. The molecule has 1 rings (SSSR count). The third kappa shape index (κ3) is 8.50. The largest absolute Gasteiger partial charge is 0.467 e. The summed E-state index contributed by atoms with van der Waals surface area (Å²) in [5, 5.41) is 5.04. The minimum absolute atomic E-state index is 0.141. The molecule has 0 aliphatic carbocycles. The number of anilines is 1. The molecule has 2 atom stereocenters. The average molecular weight is 422 g/mol. The number of ether oxygens (including phenoxy) is 3. The van der Waals surface area contributed by atoms with E-state index in [1.807, 2.05) is 6.92 Å². The van der Waals surface area contributed by atoms with Crippen molar-refractivity contribution < 1.29 is 33.4 Å². The van der Waals surface area contributed by atoms with Crippen molar-refractivity contribution in [1.29, 1.82) is 0 Å². The lowest BCUT2D eigenvalue weighted by Gasteiger charge is -2.21. The molecule has 166 valence electrons. The molecule has 0 aromatic heterocycles. The van der Waals surface area contributed by atoms with Gasteiger partial charge in [0, 0.05) is 5.69 Å². The molecular formula is C21H30N2O7. The molecule has 0 saturated carbocycles. The van der Waals surface area contributed by atoms with Crippen molar-refractivity contribution >= 4 is 29.6 Å². The normalized spacial score (nSPS) is 12.9. The summed E-state index contributed by atoms with van der Waals surface area (Å²) in [6, 6.07) is 5.20. The van der Waals surface area contributed by atoms with Crippen LogP contribution in [0.25, 0.3) is 0 Å². The Morgan fingerprint density at radius 1 is 1.13 bits per heavy atom. The Morgan fingerprint density at radius 3 is 2.37 bits per heavy atom. The number of hydrogen-bond donors (Lipinski definition) is 2. The third-order valence-electron chi connectivity index (χ3n) is 4.06. The first-order valence-electron chi connectivity index (χ1n) is 9.61. The lowest BCUT2D eigenvalue weighted by atomic mass is 9.99. The lowest BCUT2D eigenvalue weighted by Crippen LogP contribution is -2.47. The van der Waals surface area contributed by atoms with Gasteiger partial charge in [0.05, 0.1) is 12.7 Å². The molecule has 0 spiro atoms. The van der Waals surface area contributed by atoms with E-state index in [0.29, 0.717) is 12.1 Å². The molecular weight excluding hydrogens is 392 g/mol. The van der Waals surface area contributed by atoms with Crippen LogP contribution in [0.15, 0.2) is 24.3 Å². The van der Waals surface area contributed by atoms with Gasteiger partial charge < -0.3 is 19.5 Å². The Kier molecular flexibility index (Phi) is 9.29. The van der Waals surface area contributed by atoms with E-state index >= 15 is 0 Å². The predicted molar refractivity (Wildman–Crippen MR) is 110 cm³/mol. The van der Waals surface area contributed by atoms with Crippen LogP contribution in [0.5, 0.6) is 0 Å². The van der Waals surface area contributed by atoms with Crippen molar-refractivity contribution in [3.05, 3.63) is 29.8 Å². The molecule has 30 heavy (non-hydrogen) atoms. The summed E-state index contributed by atoms with van der Waals surface area (Å²) in [6.07, 6.45) is -0.0108. The van der Waals surface area contributed by atoms with Gasteiger partial charge in [-0.3, -0.25) is 10.1 Å². The van der Waals surface area contributed by atoms with Gasteiger partial charge in [-0.15, -0.1) is 0 Å². The van der Waals surface area contributed by atoms with E-state index in [9.17, 15) is 19.2 Å².